The summed E-state index contributed by atoms with van der Waals surface area (Å²) in [6.07, 6.45) is -7.68. The molecule has 0 spiro atoms. The molecule has 5 atom stereocenters. The van der Waals surface area contributed by atoms with E-state index in [-0.39, 0.29) is 26.1 Å². The lowest BCUT2D eigenvalue weighted by molar-refractivity contribution is -0.277. The van der Waals surface area contributed by atoms with Crippen molar-refractivity contribution < 1.29 is 27.8 Å². The van der Waals surface area contributed by atoms with Crippen LogP contribution in [0.1, 0.15) is 24.7 Å². The van der Waals surface area contributed by atoms with E-state index >= 15 is 0 Å². The molecule has 1 aromatic carbocycles. The SMILES string of the molecule is [N-]=[N+]=N[C@H]1CN(CCCC(F)(F)F)[C@@H]2CO[C@@H](c3ccccc3)O[C@H]2[C@@H]1O. The van der Waals surface area contributed by atoms with Crippen LogP contribution in [-0.4, -0.2) is 60.2 Å². The number of likely N-dealkylation sites (tertiary alicyclic amines) is 1. The molecule has 0 saturated carbocycles. The first kappa shape index (κ1) is 19.9. The lowest BCUT2D eigenvalue weighted by Crippen LogP contribution is -2.65. The second kappa shape index (κ2) is 8.45. The third kappa shape index (κ3) is 4.91. The van der Waals surface area contributed by atoms with Crippen molar-refractivity contribution in [3.05, 3.63) is 46.3 Å². The van der Waals surface area contributed by atoms with Gasteiger partial charge in [-0.1, -0.05) is 35.4 Å². The molecule has 0 unspecified atom stereocenters. The van der Waals surface area contributed by atoms with Gasteiger partial charge in [-0.05, 0) is 18.5 Å². The van der Waals surface area contributed by atoms with Crippen LogP contribution in [0.4, 0.5) is 13.2 Å². The van der Waals surface area contributed by atoms with Gasteiger partial charge < -0.3 is 14.6 Å². The number of fused-ring (bicyclic) bond motifs is 1. The molecule has 10 heteroatoms. The van der Waals surface area contributed by atoms with Crippen molar-refractivity contribution in [1.82, 2.24) is 4.90 Å². The fourth-order valence-corrected chi connectivity index (χ4v) is 3.57. The van der Waals surface area contributed by atoms with Crippen LogP contribution in [0.25, 0.3) is 10.4 Å². The third-order valence-electron chi connectivity index (χ3n) is 4.88. The van der Waals surface area contributed by atoms with Gasteiger partial charge in [-0.15, -0.1) is 0 Å². The van der Waals surface area contributed by atoms with Gasteiger partial charge in [0.05, 0.1) is 24.8 Å². The molecule has 0 aliphatic carbocycles. The molecule has 0 amide bonds. The van der Waals surface area contributed by atoms with E-state index in [1.54, 1.807) is 4.90 Å². The normalized spacial score (nSPS) is 31.8. The van der Waals surface area contributed by atoms with Gasteiger partial charge in [0.25, 0.3) is 0 Å². The van der Waals surface area contributed by atoms with Crippen LogP contribution in [-0.2, 0) is 9.47 Å². The highest BCUT2D eigenvalue weighted by molar-refractivity contribution is 5.17. The molecule has 2 aliphatic rings. The van der Waals surface area contributed by atoms with E-state index < -0.39 is 43.2 Å². The number of halogens is 3. The van der Waals surface area contributed by atoms with E-state index in [0.29, 0.717) is 0 Å². The summed E-state index contributed by atoms with van der Waals surface area (Å²) < 4.78 is 49.1. The molecule has 27 heavy (non-hydrogen) atoms. The monoisotopic (exact) mass is 386 g/mol. The van der Waals surface area contributed by atoms with Gasteiger partial charge in [0.2, 0.25) is 0 Å². The summed E-state index contributed by atoms with van der Waals surface area (Å²) >= 11 is 0. The Bertz CT molecular complexity index is 669. The Balaban J connectivity index is 1.73. The number of piperidine rings is 1. The minimum atomic E-state index is -4.23. The van der Waals surface area contributed by atoms with Gasteiger partial charge in [-0.2, -0.15) is 13.2 Å². The van der Waals surface area contributed by atoms with Crippen molar-refractivity contribution in [1.29, 1.82) is 0 Å². The maximum absolute atomic E-state index is 12.5. The van der Waals surface area contributed by atoms with Crippen molar-refractivity contribution in [2.45, 2.75) is 49.6 Å². The Labute approximate surface area is 154 Å². The molecule has 2 heterocycles. The first-order chi connectivity index (χ1) is 12.9. The molecule has 2 fully saturated rings. The third-order valence-corrected chi connectivity index (χ3v) is 4.88. The van der Waals surface area contributed by atoms with Crippen molar-refractivity contribution in [3.8, 4) is 0 Å². The molecule has 0 radical (unpaired) electrons. The number of nitrogens with zero attached hydrogens (tertiary/aromatic N) is 4. The Hall–Kier alpha value is -1.84. The molecule has 0 bridgehead atoms. The summed E-state index contributed by atoms with van der Waals surface area (Å²) in [4.78, 5) is 4.50. The minimum Gasteiger partial charge on any atom is -0.390 e. The zero-order valence-corrected chi connectivity index (χ0v) is 14.5. The molecular weight excluding hydrogens is 365 g/mol. The molecule has 2 saturated heterocycles. The number of alkyl halides is 3. The van der Waals surface area contributed by atoms with Crippen molar-refractivity contribution in [2.24, 2.45) is 5.11 Å². The van der Waals surface area contributed by atoms with Crippen LogP contribution in [0.5, 0.6) is 0 Å². The average Bonchev–Trinajstić information content (AvgIpc) is 2.65. The molecule has 1 N–H and O–H groups in total. The predicted molar refractivity (Wildman–Crippen MR) is 89.6 cm³/mol. The van der Waals surface area contributed by atoms with Crippen LogP contribution < -0.4 is 0 Å². The Morgan fingerprint density at radius 3 is 2.70 bits per heavy atom. The van der Waals surface area contributed by atoms with Gasteiger partial charge in [-0.25, -0.2) is 0 Å². The molecule has 7 nitrogen and oxygen atoms in total. The number of hydrogen-bond donors (Lipinski definition) is 1. The Morgan fingerprint density at radius 1 is 1.30 bits per heavy atom. The standard InChI is InChI=1S/C17H21F3N4O3/c18-17(19,20)7-4-8-24-9-12(22-23-21)14(25)15-13(24)10-26-16(27-15)11-5-2-1-3-6-11/h1-3,5-6,12-16,25H,4,7-10H2/t12-,13+,14+,15+,16+/m0/s1. The Morgan fingerprint density at radius 2 is 2.04 bits per heavy atom. The summed E-state index contributed by atoms with van der Waals surface area (Å²) in [5.41, 5.74) is 9.52. The Kier molecular flexibility index (Phi) is 6.23. The number of azide groups is 1. The predicted octanol–water partition coefficient (Wildman–Crippen LogP) is 3.17. The summed E-state index contributed by atoms with van der Waals surface area (Å²) in [6.45, 7) is 0.511. The molecule has 148 valence electrons. The number of benzene rings is 1. The number of ether oxygens (including phenoxy) is 2. The van der Waals surface area contributed by atoms with Crippen LogP contribution in [0.2, 0.25) is 0 Å². The fraction of sp³-hybridized carbons (Fsp3) is 0.647. The van der Waals surface area contributed by atoms with E-state index in [9.17, 15) is 18.3 Å². The lowest BCUT2D eigenvalue weighted by Gasteiger charge is -2.49. The van der Waals surface area contributed by atoms with Gasteiger partial charge >= 0.3 is 6.18 Å². The zero-order chi connectivity index (χ0) is 19.4. The summed E-state index contributed by atoms with van der Waals surface area (Å²) in [5, 5.41) is 14.2. The van der Waals surface area contributed by atoms with Gasteiger partial charge in [0.15, 0.2) is 6.29 Å². The maximum Gasteiger partial charge on any atom is 0.389 e. The highest BCUT2D eigenvalue weighted by Crippen LogP contribution is 2.34. The average molecular weight is 386 g/mol. The van der Waals surface area contributed by atoms with E-state index in [2.05, 4.69) is 10.0 Å². The number of hydrogen-bond acceptors (Lipinski definition) is 5. The van der Waals surface area contributed by atoms with E-state index in [0.717, 1.165) is 5.56 Å². The smallest absolute Gasteiger partial charge is 0.389 e. The summed E-state index contributed by atoms with van der Waals surface area (Å²) in [7, 11) is 0. The molecule has 3 rings (SSSR count). The quantitative estimate of drug-likeness (QED) is 0.478. The lowest BCUT2D eigenvalue weighted by atomic mass is 9.91. The second-order valence-electron chi connectivity index (χ2n) is 6.72. The van der Waals surface area contributed by atoms with E-state index in [1.807, 2.05) is 30.3 Å². The number of rotatable bonds is 5. The highest BCUT2D eigenvalue weighted by atomic mass is 19.4. The molecule has 0 aromatic heterocycles. The fourth-order valence-electron chi connectivity index (χ4n) is 3.57. The van der Waals surface area contributed by atoms with Crippen molar-refractivity contribution in [3.63, 3.8) is 0 Å². The first-order valence-electron chi connectivity index (χ1n) is 8.74. The van der Waals surface area contributed by atoms with Crippen molar-refractivity contribution in [2.75, 3.05) is 19.7 Å². The molecule has 2 aliphatic heterocycles. The van der Waals surface area contributed by atoms with Crippen molar-refractivity contribution >= 4 is 0 Å². The van der Waals surface area contributed by atoms with E-state index in [1.165, 1.54) is 0 Å². The second-order valence-corrected chi connectivity index (χ2v) is 6.72. The van der Waals surface area contributed by atoms with Gasteiger partial charge in [0, 0.05) is 23.4 Å². The van der Waals surface area contributed by atoms with Gasteiger partial charge in [-0.3, -0.25) is 4.90 Å². The van der Waals surface area contributed by atoms with Gasteiger partial charge in [0.1, 0.15) is 6.10 Å². The van der Waals surface area contributed by atoms with Crippen LogP contribution in [0.15, 0.2) is 35.4 Å². The first-order valence-corrected chi connectivity index (χ1v) is 8.74. The summed E-state index contributed by atoms with van der Waals surface area (Å²) in [5.74, 6) is 0. The molecular formula is C17H21F3N4O3. The topological polar surface area (TPSA) is 90.7 Å². The van der Waals surface area contributed by atoms with E-state index in [4.69, 9.17) is 15.0 Å². The zero-order valence-electron chi connectivity index (χ0n) is 14.5. The number of aliphatic hydroxyl groups is 1. The molecule has 1 aromatic rings. The van der Waals surface area contributed by atoms with Crippen LogP contribution in [0, 0.1) is 0 Å². The largest absolute Gasteiger partial charge is 0.390 e. The van der Waals surface area contributed by atoms with Crippen LogP contribution in [0.3, 0.4) is 0 Å². The van der Waals surface area contributed by atoms with Crippen LogP contribution >= 0.6 is 0 Å². The minimum absolute atomic E-state index is 0.0894. The summed E-state index contributed by atoms with van der Waals surface area (Å²) in [6, 6.07) is 7.97. The highest BCUT2D eigenvalue weighted by Gasteiger charge is 2.47. The maximum atomic E-state index is 12.5. The number of aliphatic hydroxyl groups excluding tert-OH is 1.